The molecule has 2 rings (SSSR count). The van der Waals surface area contributed by atoms with Crippen molar-refractivity contribution in [3.05, 3.63) is 11.4 Å². The van der Waals surface area contributed by atoms with E-state index in [-0.39, 0.29) is 0 Å². The molecule has 1 aromatic heterocycles. The number of aromatic nitrogens is 3. The first kappa shape index (κ1) is 14.2. The lowest BCUT2D eigenvalue weighted by atomic mass is 10.0. The van der Waals surface area contributed by atoms with Crippen molar-refractivity contribution in [2.75, 3.05) is 13.2 Å². The Morgan fingerprint density at radius 1 is 1.16 bits per heavy atom. The maximum Gasteiger partial charge on any atom is 0.335 e. The van der Waals surface area contributed by atoms with Gasteiger partial charge in [0.15, 0.2) is 0 Å². The molecule has 0 amide bonds. The summed E-state index contributed by atoms with van der Waals surface area (Å²) in [5.74, 6) is 0. The topological polar surface area (TPSA) is 59.9 Å². The van der Waals surface area contributed by atoms with Gasteiger partial charge < -0.3 is 10.1 Å². The van der Waals surface area contributed by atoms with Crippen LogP contribution in [0.1, 0.15) is 50.9 Å². The largest absolute Gasteiger partial charge is 0.462 e. The van der Waals surface area contributed by atoms with Crippen LogP contribution in [0.2, 0.25) is 0 Å². The number of nitrogens with zero attached hydrogens (tertiary/aromatic N) is 3. The molecule has 0 spiro atoms. The van der Waals surface area contributed by atoms with Gasteiger partial charge in [0.05, 0.1) is 18.0 Å². The van der Waals surface area contributed by atoms with Gasteiger partial charge in [-0.25, -0.2) is 0 Å². The Labute approximate surface area is 115 Å². The Kier molecular flexibility index (Phi) is 5.51. The second kappa shape index (κ2) is 7.38. The molecule has 5 heteroatoms. The highest BCUT2D eigenvalue weighted by molar-refractivity contribution is 5.11. The van der Waals surface area contributed by atoms with E-state index in [1.807, 2.05) is 0 Å². The molecule has 1 N–H and O–H groups in total. The molecule has 5 nitrogen and oxygen atoms in total. The minimum absolute atomic E-state index is 0.421. The first-order chi connectivity index (χ1) is 9.33. The predicted molar refractivity (Wildman–Crippen MR) is 74.3 cm³/mol. The third-order valence-electron chi connectivity index (χ3n) is 3.60. The van der Waals surface area contributed by atoms with Crippen molar-refractivity contribution in [1.29, 1.82) is 0 Å². The Hall–Kier alpha value is -1.23. The van der Waals surface area contributed by atoms with Crippen LogP contribution in [-0.4, -0.2) is 34.4 Å². The number of hydrogen-bond acceptors (Lipinski definition) is 5. The van der Waals surface area contributed by atoms with Crippen LogP contribution in [0.3, 0.4) is 0 Å². The highest BCUT2D eigenvalue weighted by Gasteiger charge is 2.13. The number of piperidine rings is 1. The van der Waals surface area contributed by atoms with Crippen LogP contribution in [0.15, 0.2) is 0 Å². The van der Waals surface area contributed by atoms with Crippen LogP contribution >= 0.6 is 0 Å². The maximum absolute atomic E-state index is 5.63. The maximum atomic E-state index is 5.63. The summed E-state index contributed by atoms with van der Waals surface area (Å²) in [5, 5.41) is 11.7. The summed E-state index contributed by atoms with van der Waals surface area (Å²) in [6.45, 7) is 5.95. The van der Waals surface area contributed by atoms with Gasteiger partial charge in [0.2, 0.25) is 0 Å². The fraction of sp³-hybridized carbons (Fsp3) is 0.786. The number of hydrogen-bond donors (Lipinski definition) is 1. The number of ether oxygens (including phenoxy) is 1. The normalized spacial score (nSPS) is 19.4. The van der Waals surface area contributed by atoms with Gasteiger partial charge in [0.1, 0.15) is 0 Å². The average Bonchev–Trinajstić information content (AvgIpc) is 2.48. The van der Waals surface area contributed by atoms with Crippen molar-refractivity contribution in [2.24, 2.45) is 0 Å². The Morgan fingerprint density at radius 2 is 2.00 bits per heavy atom. The fourth-order valence-corrected chi connectivity index (χ4v) is 2.45. The summed E-state index contributed by atoms with van der Waals surface area (Å²) < 4.78 is 5.63. The molecule has 1 aliphatic heterocycles. The first-order valence-electron chi connectivity index (χ1n) is 7.42. The smallest absolute Gasteiger partial charge is 0.335 e. The fourth-order valence-electron chi connectivity index (χ4n) is 2.45. The molecule has 1 atom stereocenters. The third kappa shape index (κ3) is 4.13. The Bertz CT molecular complexity index is 391. The SMILES string of the molecule is CCc1nnc(OCCC2CCCCN2)nc1CC. The second-order valence-electron chi connectivity index (χ2n) is 4.98. The van der Waals surface area contributed by atoms with Crippen molar-refractivity contribution < 1.29 is 4.74 Å². The van der Waals surface area contributed by atoms with Crippen molar-refractivity contribution in [3.63, 3.8) is 0 Å². The van der Waals surface area contributed by atoms with E-state index in [1.165, 1.54) is 19.3 Å². The van der Waals surface area contributed by atoms with E-state index in [0.29, 0.717) is 18.7 Å². The molecule has 1 aliphatic rings. The summed E-state index contributed by atoms with van der Waals surface area (Å²) in [7, 11) is 0. The van der Waals surface area contributed by atoms with E-state index < -0.39 is 0 Å². The Morgan fingerprint density at radius 3 is 2.68 bits per heavy atom. The molecule has 1 aromatic rings. The molecule has 1 unspecified atom stereocenters. The zero-order valence-electron chi connectivity index (χ0n) is 12.0. The van der Waals surface area contributed by atoms with Crippen molar-refractivity contribution in [2.45, 2.75) is 58.4 Å². The van der Waals surface area contributed by atoms with Gasteiger partial charge in [-0.15, -0.1) is 5.10 Å². The standard InChI is InChI=1S/C14H24N4O/c1-3-12-13(4-2)17-18-14(16-12)19-10-8-11-7-5-6-9-15-11/h11,15H,3-10H2,1-2H3. The molecule has 0 aromatic carbocycles. The Balaban J connectivity index is 1.81. The molecule has 2 heterocycles. The highest BCUT2D eigenvalue weighted by atomic mass is 16.5. The van der Waals surface area contributed by atoms with E-state index in [9.17, 15) is 0 Å². The molecule has 0 saturated carbocycles. The van der Waals surface area contributed by atoms with Crippen LogP contribution in [0.25, 0.3) is 0 Å². The van der Waals surface area contributed by atoms with Crippen LogP contribution < -0.4 is 10.1 Å². The number of aryl methyl sites for hydroxylation is 2. The summed E-state index contributed by atoms with van der Waals surface area (Å²) in [4.78, 5) is 4.43. The molecular formula is C14H24N4O. The zero-order valence-corrected chi connectivity index (χ0v) is 12.0. The summed E-state index contributed by atoms with van der Waals surface area (Å²) in [6.07, 6.45) is 6.62. The molecule has 1 fully saturated rings. The van der Waals surface area contributed by atoms with Crippen molar-refractivity contribution >= 4 is 0 Å². The quantitative estimate of drug-likeness (QED) is 0.850. The van der Waals surface area contributed by atoms with E-state index in [2.05, 4.69) is 34.3 Å². The van der Waals surface area contributed by atoms with Gasteiger partial charge in [0, 0.05) is 6.04 Å². The van der Waals surface area contributed by atoms with E-state index in [1.54, 1.807) is 0 Å². The van der Waals surface area contributed by atoms with Gasteiger partial charge in [0.25, 0.3) is 0 Å². The van der Waals surface area contributed by atoms with E-state index >= 15 is 0 Å². The zero-order chi connectivity index (χ0) is 13.5. The van der Waals surface area contributed by atoms with Crippen LogP contribution in [0.5, 0.6) is 6.01 Å². The third-order valence-corrected chi connectivity index (χ3v) is 3.60. The summed E-state index contributed by atoms with van der Waals surface area (Å²) in [6, 6.07) is 1.01. The van der Waals surface area contributed by atoms with Gasteiger partial charge in [-0.1, -0.05) is 25.4 Å². The monoisotopic (exact) mass is 264 g/mol. The van der Waals surface area contributed by atoms with E-state index in [0.717, 1.165) is 37.2 Å². The molecular weight excluding hydrogens is 240 g/mol. The van der Waals surface area contributed by atoms with Crippen LogP contribution in [0.4, 0.5) is 0 Å². The summed E-state index contributed by atoms with van der Waals surface area (Å²) >= 11 is 0. The summed E-state index contributed by atoms with van der Waals surface area (Å²) in [5.41, 5.74) is 1.98. The second-order valence-corrected chi connectivity index (χ2v) is 4.98. The van der Waals surface area contributed by atoms with Crippen molar-refractivity contribution in [1.82, 2.24) is 20.5 Å². The molecule has 0 aliphatic carbocycles. The van der Waals surface area contributed by atoms with Gasteiger partial charge in [-0.3, -0.25) is 0 Å². The average molecular weight is 264 g/mol. The molecule has 106 valence electrons. The lowest BCUT2D eigenvalue weighted by molar-refractivity contribution is 0.248. The van der Waals surface area contributed by atoms with Gasteiger partial charge >= 0.3 is 6.01 Å². The minimum Gasteiger partial charge on any atom is -0.462 e. The first-order valence-corrected chi connectivity index (χ1v) is 7.42. The van der Waals surface area contributed by atoms with Gasteiger partial charge in [-0.2, -0.15) is 4.98 Å². The lowest BCUT2D eigenvalue weighted by Crippen LogP contribution is -2.35. The highest BCUT2D eigenvalue weighted by Crippen LogP contribution is 2.12. The van der Waals surface area contributed by atoms with Gasteiger partial charge in [-0.05, 0) is 38.6 Å². The minimum atomic E-state index is 0.421. The molecule has 19 heavy (non-hydrogen) atoms. The van der Waals surface area contributed by atoms with Crippen LogP contribution in [0, 0.1) is 0 Å². The van der Waals surface area contributed by atoms with E-state index in [4.69, 9.17) is 4.74 Å². The number of rotatable bonds is 6. The molecule has 1 saturated heterocycles. The lowest BCUT2D eigenvalue weighted by Gasteiger charge is -2.23. The van der Waals surface area contributed by atoms with Crippen LogP contribution in [-0.2, 0) is 12.8 Å². The molecule has 0 bridgehead atoms. The number of nitrogens with one attached hydrogen (secondary N) is 1. The van der Waals surface area contributed by atoms with Crippen molar-refractivity contribution in [3.8, 4) is 6.01 Å². The molecule has 0 radical (unpaired) electrons. The predicted octanol–water partition coefficient (Wildman–Crippen LogP) is 1.91.